The Balaban J connectivity index is 1.65. The molecule has 0 saturated carbocycles. The van der Waals surface area contributed by atoms with Crippen LogP contribution >= 0.6 is 34.7 Å². The van der Waals surface area contributed by atoms with E-state index in [1.54, 1.807) is 30.3 Å². The van der Waals surface area contributed by atoms with Gasteiger partial charge in [0.05, 0.1) is 27.2 Å². The Kier molecular flexibility index (Phi) is 4.82. The van der Waals surface area contributed by atoms with E-state index in [-0.39, 0.29) is 11.7 Å². The molecular formula is C16H10ClN3OS2. The fraction of sp³-hybridized carbons (Fsp3) is 0.0625. The van der Waals surface area contributed by atoms with Gasteiger partial charge in [-0.2, -0.15) is 5.26 Å². The van der Waals surface area contributed by atoms with Crippen LogP contribution in [0.15, 0.2) is 46.8 Å². The van der Waals surface area contributed by atoms with Gasteiger partial charge in [0.2, 0.25) is 5.91 Å². The molecule has 0 aliphatic rings. The zero-order valence-corrected chi connectivity index (χ0v) is 14.1. The molecule has 0 unspecified atom stereocenters. The highest BCUT2D eigenvalue weighted by molar-refractivity contribution is 8.01. The smallest absolute Gasteiger partial charge is 0.234 e. The number of nitrogens with zero attached hydrogens (tertiary/aromatic N) is 2. The van der Waals surface area contributed by atoms with Crippen LogP contribution in [0.4, 0.5) is 5.69 Å². The molecule has 1 heterocycles. The number of para-hydroxylation sites is 1. The maximum absolute atomic E-state index is 12.0. The fourth-order valence-corrected chi connectivity index (χ4v) is 3.96. The number of rotatable bonds is 4. The number of nitrogens with one attached hydrogen (secondary N) is 1. The predicted octanol–water partition coefficient (Wildman–Crippen LogP) is 4.55. The number of thioether (sulfide) groups is 1. The van der Waals surface area contributed by atoms with Crippen molar-refractivity contribution in [2.45, 2.75) is 4.34 Å². The second-order valence-electron chi connectivity index (χ2n) is 4.59. The fourth-order valence-electron chi connectivity index (χ4n) is 1.94. The molecular weight excluding hydrogens is 350 g/mol. The van der Waals surface area contributed by atoms with Gasteiger partial charge in [-0.25, -0.2) is 4.98 Å². The number of anilines is 1. The standard InChI is InChI=1S/C16H10ClN3OS2/c17-11-5-6-14-13(7-11)20-16(23-14)22-9-15(21)19-12-4-2-1-3-10(12)8-18/h1-7H,9H2,(H,19,21). The van der Waals surface area contributed by atoms with E-state index in [0.29, 0.717) is 16.3 Å². The first-order valence-electron chi connectivity index (χ1n) is 6.63. The Labute approximate surface area is 146 Å². The van der Waals surface area contributed by atoms with Gasteiger partial charge < -0.3 is 5.32 Å². The van der Waals surface area contributed by atoms with Crippen LogP contribution in [-0.2, 0) is 4.79 Å². The summed E-state index contributed by atoms with van der Waals surface area (Å²) in [6, 6.07) is 14.5. The van der Waals surface area contributed by atoms with E-state index in [2.05, 4.69) is 16.4 Å². The van der Waals surface area contributed by atoms with Gasteiger partial charge in [0.25, 0.3) is 0 Å². The molecule has 0 spiro atoms. The molecule has 7 heteroatoms. The second kappa shape index (κ2) is 7.01. The molecule has 1 N–H and O–H groups in total. The molecule has 0 fully saturated rings. The number of thiazole rings is 1. The summed E-state index contributed by atoms with van der Waals surface area (Å²) in [5, 5.41) is 12.4. The van der Waals surface area contributed by atoms with Gasteiger partial charge >= 0.3 is 0 Å². The quantitative estimate of drug-likeness (QED) is 0.694. The Morgan fingerprint density at radius 1 is 1.35 bits per heavy atom. The zero-order valence-electron chi connectivity index (χ0n) is 11.7. The van der Waals surface area contributed by atoms with Gasteiger partial charge in [-0.05, 0) is 30.3 Å². The zero-order chi connectivity index (χ0) is 16.2. The van der Waals surface area contributed by atoms with Crippen LogP contribution in [0, 0.1) is 11.3 Å². The highest BCUT2D eigenvalue weighted by Crippen LogP contribution is 2.31. The van der Waals surface area contributed by atoms with Gasteiger partial charge in [-0.15, -0.1) is 11.3 Å². The van der Waals surface area contributed by atoms with Crippen LogP contribution < -0.4 is 5.32 Å². The third-order valence-electron chi connectivity index (χ3n) is 2.98. The third kappa shape index (κ3) is 3.82. The van der Waals surface area contributed by atoms with Crippen molar-refractivity contribution < 1.29 is 4.79 Å². The van der Waals surface area contributed by atoms with E-state index in [9.17, 15) is 4.79 Å². The average molecular weight is 360 g/mol. The van der Waals surface area contributed by atoms with Crippen LogP contribution in [0.5, 0.6) is 0 Å². The van der Waals surface area contributed by atoms with Gasteiger partial charge in [-0.1, -0.05) is 35.5 Å². The first-order valence-corrected chi connectivity index (χ1v) is 8.81. The number of carbonyl (C=O) groups is 1. The summed E-state index contributed by atoms with van der Waals surface area (Å²) in [5.74, 6) is 0.0582. The monoisotopic (exact) mass is 359 g/mol. The number of amides is 1. The van der Waals surface area contributed by atoms with Gasteiger partial charge in [0, 0.05) is 5.02 Å². The van der Waals surface area contributed by atoms with Crippen LogP contribution in [0.2, 0.25) is 5.02 Å². The van der Waals surface area contributed by atoms with Crippen LogP contribution in [0.1, 0.15) is 5.56 Å². The molecule has 3 rings (SSSR count). The molecule has 0 radical (unpaired) electrons. The normalized spacial score (nSPS) is 10.4. The topological polar surface area (TPSA) is 65.8 Å². The molecule has 114 valence electrons. The highest BCUT2D eigenvalue weighted by atomic mass is 35.5. The van der Waals surface area contributed by atoms with E-state index >= 15 is 0 Å². The maximum atomic E-state index is 12.0. The third-order valence-corrected chi connectivity index (χ3v) is 5.39. The van der Waals surface area contributed by atoms with Crippen molar-refractivity contribution in [3.05, 3.63) is 53.1 Å². The van der Waals surface area contributed by atoms with E-state index < -0.39 is 0 Å². The molecule has 0 aliphatic heterocycles. The molecule has 3 aromatic rings. The van der Waals surface area contributed by atoms with Gasteiger partial charge in [0.15, 0.2) is 4.34 Å². The highest BCUT2D eigenvalue weighted by Gasteiger charge is 2.10. The molecule has 1 aromatic heterocycles. The summed E-state index contributed by atoms with van der Waals surface area (Å²) in [7, 11) is 0. The number of aromatic nitrogens is 1. The summed E-state index contributed by atoms with van der Waals surface area (Å²) >= 11 is 8.83. The molecule has 0 atom stereocenters. The Bertz CT molecular complexity index is 917. The Morgan fingerprint density at radius 2 is 2.17 bits per heavy atom. The summed E-state index contributed by atoms with van der Waals surface area (Å²) < 4.78 is 1.85. The number of hydrogen-bond donors (Lipinski definition) is 1. The van der Waals surface area contributed by atoms with Crippen molar-refractivity contribution in [1.29, 1.82) is 5.26 Å². The van der Waals surface area contributed by atoms with E-state index in [0.717, 1.165) is 14.6 Å². The number of carbonyl (C=O) groups excluding carboxylic acids is 1. The lowest BCUT2D eigenvalue weighted by molar-refractivity contribution is -0.113. The predicted molar refractivity (Wildman–Crippen MR) is 95.1 cm³/mol. The minimum atomic E-state index is -0.171. The molecule has 0 aliphatic carbocycles. The van der Waals surface area contributed by atoms with Gasteiger partial charge in [0.1, 0.15) is 6.07 Å². The van der Waals surface area contributed by atoms with Crippen molar-refractivity contribution in [3.63, 3.8) is 0 Å². The lowest BCUT2D eigenvalue weighted by Gasteiger charge is -2.05. The minimum Gasteiger partial charge on any atom is -0.324 e. The van der Waals surface area contributed by atoms with Crippen molar-refractivity contribution >= 4 is 56.5 Å². The molecule has 23 heavy (non-hydrogen) atoms. The van der Waals surface area contributed by atoms with Gasteiger partial charge in [-0.3, -0.25) is 4.79 Å². The van der Waals surface area contributed by atoms with E-state index in [4.69, 9.17) is 16.9 Å². The Morgan fingerprint density at radius 3 is 3.00 bits per heavy atom. The van der Waals surface area contributed by atoms with Crippen LogP contribution in [0.25, 0.3) is 10.2 Å². The molecule has 2 aromatic carbocycles. The number of nitriles is 1. The first-order chi connectivity index (χ1) is 11.2. The molecule has 4 nitrogen and oxygen atoms in total. The van der Waals surface area contributed by atoms with E-state index in [1.165, 1.54) is 23.1 Å². The molecule has 0 bridgehead atoms. The molecule has 1 amide bonds. The van der Waals surface area contributed by atoms with Crippen LogP contribution in [-0.4, -0.2) is 16.6 Å². The summed E-state index contributed by atoms with van der Waals surface area (Å²) in [6.07, 6.45) is 0. The second-order valence-corrected chi connectivity index (χ2v) is 7.28. The summed E-state index contributed by atoms with van der Waals surface area (Å²) in [6.45, 7) is 0. The number of fused-ring (bicyclic) bond motifs is 1. The van der Waals surface area contributed by atoms with Crippen LogP contribution in [0.3, 0.4) is 0 Å². The van der Waals surface area contributed by atoms with E-state index in [1.807, 2.05) is 12.1 Å². The maximum Gasteiger partial charge on any atom is 0.234 e. The largest absolute Gasteiger partial charge is 0.324 e. The lowest BCUT2D eigenvalue weighted by Crippen LogP contribution is -2.14. The summed E-state index contributed by atoms with van der Waals surface area (Å²) in [4.78, 5) is 16.5. The minimum absolute atomic E-state index is 0.171. The SMILES string of the molecule is N#Cc1ccccc1NC(=O)CSc1nc2cc(Cl)ccc2s1. The van der Waals surface area contributed by atoms with Crippen molar-refractivity contribution in [3.8, 4) is 6.07 Å². The van der Waals surface area contributed by atoms with Crippen molar-refractivity contribution in [1.82, 2.24) is 4.98 Å². The number of halogens is 1. The lowest BCUT2D eigenvalue weighted by atomic mass is 10.2. The average Bonchev–Trinajstić information content (AvgIpc) is 2.95. The Hall–Kier alpha value is -2.07. The number of hydrogen-bond acceptors (Lipinski definition) is 5. The summed E-state index contributed by atoms with van der Waals surface area (Å²) in [5.41, 5.74) is 1.80. The molecule has 0 saturated heterocycles. The number of benzene rings is 2. The first kappa shape index (κ1) is 15.8. The van der Waals surface area contributed by atoms with Crippen molar-refractivity contribution in [2.24, 2.45) is 0 Å². The van der Waals surface area contributed by atoms with Crippen molar-refractivity contribution in [2.75, 3.05) is 11.1 Å².